The van der Waals surface area contributed by atoms with Gasteiger partial charge in [0.2, 0.25) is 0 Å². The lowest BCUT2D eigenvalue weighted by Crippen LogP contribution is -2.31. The van der Waals surface area contributed by atoms with Crippen molar-refractivity contribution in [3.63, 3.8) is 0 Å². The van der Waals surface area contributed by atoms with Gasteiger partial charge in [-0.15, -0.1) is 11.3 Å². The second kappa shape index (κ2) is 6.17. The normalized spacial score (nSPS) is 16.9. The number of methoxy groups -OCH3 is 1. The highest BCUT2D eigenvalue weighted by atomic mass is 32.1. The first-order valence-electron chi connectivity index (χ1n) is 6.17. The molecule has 0 aromatic carbocycles. The maximum Gasteiger partial charge on any atom is 0.254 e. The minimum atomic E-state index is 0.186. The third-order valence-corrected chi connectivity index (χ3v) is 3.99. The van der Waals surface area contributed by atoms with Crippen molar-refractivity contribution in [2.75, 3.05) is 20.2 Å². The Morgan fingerprint density at radius 3 is 2.71 bits per heavy atom. The molecule has 1 fully saturated rings. The lowest BCUT2D eigenvalue weighted by molar-refractivity contribution is 0.0762. The largest absolute Gasteiger partial charge is 0.379 e. The van der Waals surface area contributed by atoms with Crippen molar-refractivity contribution in [1.82, 2.24) is 4.90 Å². The van der Waals surface area contributed by atoms with E-state index in [1.807, 2.05) is 16.3 Å². The maximum absolute atomic E-state index is 12.3. The van der Waals surface area contributed by atoms with E-state index >= 15 is 0 Å². The average molecular weight is 253 g/mol. The summed E-state index contributed by atoms with van der Waals surface area (Å²) in [4.78, 5) is 15.4. The fraction of sp³-hybridized carbons (Fsp3) is 0.615. The van der Waals surface area contributed by atoms with Crippen LogP contribution < -0.4 is 0 Å². The molecular formula is C13H19NO2S. The third kappa shape index (κ3) is 3.30. The van der Waals surface area contributed by atoms with Crippen molar-refractivity contribution < 1.29 is 9.53 Å². The summed E-state index contributed by atoms with van der Waals surface area (Å²) < 4.78 is 5.07. The lowest BCUT2D eigenvalue weighted by atomic mass is 10.2. The highest BCUT2D eigenvalue weighted by Crippen LogP contribution is 2.19. The van der Waals surface area contributed by atoms with Crippen LogP contribution in [-0.2, 0) is 11.3 Å². The van der Waals surface area contributed by atoms with E-state index in [0.29, 0.717) is 6.61 Å². The first-order valence-corrected chi connectivity index (χ1v) is 7.05. The van der Waals surface area contributed by atoms with Gasteiger partial charge in [-0.2, -0.15) is 0 Å². The summed E-state index contributed by atoms with van der Waals surface area (Å²) in [7, 11) is 1.68. The number of rotatable bonds is 3. The molecular weight excluding hydrogens is 234 g/mol. The van der Waals surface area contributed by atoms with Gasteiger partial charge in [-0.1, -0.05) is 12.8 Å². The third-order valence-electron chi connectivity index (χ3n) is 3.08. The van der Waals surface area contributed by atoms with Crippen molar-refractivity contribution in [3.8, 4) is 0 Å². The van der Waals surface area contributed by atoms with Crippen LogP contribution in [-0.4, -0.2) is 31.0 Å². The lowest BCUT2D eigenvalue weighted by Gasteiger charge is -2.19. The highest BCUT2D eigenvalue weighted by molar-refractivity contribution is 7.10. The molecule has 1 aromatic heterocycles. The molecule has 0 atom stereocenters. The minimum Gasteiger partial charge on any atom is -0.379 e. The molecule has 0 aliphatic carbocycles. The van der Waals surface area contributed by atoms with Gasteiger partial charge in [0.1, 0.15) is 0 Å². The molecule has 0 bridgehead atoms. The maximum atomic E-state index is 12.3. The van der Waals surface area contributed by atoms with Crippen molar-refractivity contribution >= 4 is 17.2 Å². The number of amides is 1. The van der Waals surface area contributed by atoms with E-state index in [1.54, 1.807) is 18.4 Å². The van der Waals surface area contributed by atoms with Crippen LogP contribution in [0.2, 0.25) is 0 Å². The smallest absolute Gasteiger partial charge is 0.254 e. The molecule has 1 amide bonds. The highest BCUT2D eigenvalue weighted by Gasteiger charge is 2.18. The molecule has 0 spiro atoms. The quantitative estimate of drug-likeness (QED) is 0.829. The number of hydrogen-bond donors (Lipinski definition) is 0. The molecule has 2 heterocycles. The summed E-state index contributed by atoms with van der Waals surface area (Å²) in [6.45, 7) is 2.42. The Labute approximate surface area is 106 Å². The van der Waals surface area contributed by atoms with Crippen LogP contribution in [0.4, 0.5) is 0 Å². The van der Waals surface area contributed by atoms with Crippen LogP contribution in [0.1, 0.15) is 40.9 Å². The predicted molar refractivity (Wildman–Crippen MR) is 69.4 cm³/mol. The van der Waals surface area contributed by atoms with Gasteiger partial charge in [-0.25, -0.2) is 0 Å². The summed E-state index contributed by atoms with van der Waals surface area (Å²) in [6.07, 6.45) is 4.78. The molecule has 0 radical (unpaired) electrons. The molecule has 0 N–H and O–H groups in total. The Bertz CT molecular complexity index is 367. The first kappa shape index (κ1) is 12.6. The Morgan fingerprint density at radius 1 is 1.35 bits per heavy atom. The number of likely N-dealkylation sites (tertiary alicyclic amines) is 1. The number of thiophene rings is 1. The summed E-state index contributed by atoms with van der Waals surface area (Å²) in [5, 5.41) is 1.95. The van der Waals surface area contributed by atoms with Gasteiger partial charge in [0.15, 0.2) is 0 Å². The zero-order chi connectivity index (χ0) is 12.1. The van der Waals surface area contributed by atoms with Crippen molar-refractivity contribution in [2.45, 2.75) is 32.3 Å². The van der Waals surface area contributed by atoms with Gasteiger partial charge >= 0.3 is 0 Å². The Hall–Kier alpha value is -0.870. The van der Waals surface area contributed by atoms with Crippen LogP contribution in [0.5, 0.6) is 0 Å². The molecule has 17 heavy (non-hydrogen) atoms. The molecule has 94 valence electrons. The van der Waals surface area contributed by atoms with Crippen LogP contribution in [0.3, 0.4) is 0 Å². The minimum absolute atomic E-state index is 0.186. The molecule has 1 aromatic rings. The van der Waals surface area contributed by atoms with Crippen molar-refractivity contribution in [1.29, 1.82) is 0 Å². The van der Waals surface area contributed by atoms with Crippen LogP contribution in [0, 0.1) is 0 Å². The Balaban J connectivity index is 2.01. The van der Waals surface area contributed by atoms with Gasteiger partial charge in [0, 0.05) is 30.5 Å². The molecule has 1 saturated heterocycles. The zero-order valence-electron chi connectivity index (χ0n) is 10.3. The molecule has 4 heteroatoms. The predicted octanol–water partition coefficient (Wildman–Crippen LogP) is 2.91. The van der Waals surface area contributed by atoms with E-state index in [0.717, 1.165) is 36.4 Å². The van der Waals surface area contributed by atoms with E-state index in [-0.39, 0.29) is 5.91 Å². The fourth-order valence-electron chi connectivity index (χ4n) is 2.17. The summed E-state index contributed by atoms with van der Waals surface area (Å²) in [5.41, 5.74) is 0.823. The topological polar surface area (TPSA) is 29.5 Å². The van der Waals surface area contributed by atoms with Gasteiger partial charge in [0.25, 0.3) is 5.91 Å². The van der Waals surface area contributed by atoms with Gasteiger partial charge < -0.3 is 9.64 Å². The molecule has 1 aliphatic rings. The summed E-state index contributed by atoms with van der Waals surface area (Å²) in [5.74, 6) is 0.186. The van der Waals surface area contributed by atoms with E-state index in [9.17, 15) is 4.79 Å². The van der Waals surface area contributed by atoms with Crippen LogP contribution in [0.25, 0.3) is 0 Å². The second-order valence-electron chi connectivity index (χ2n) is 4.44. The van der Waals surface area contributed by atoms with Gasteiger partial charge in [-0.3, -0.25) is 4.79 Å². The van der Waals surface area contributed by atoms with E-state index in [1.165, 1.54) is 12.8 Å². The second-order valence-corrected chi connectivity index (χ2v) is 5.44. The molecule has 2 rings (SSSR count). The van der Waals surface area contributed by atoms with Gasteiger partial charge in [0.05, 0.1) is 12.2 Å². The molecule has 0 unspecified atom stereocenters. The van der Waals surface area contributed by atoms with Gasteiger partial charge in [-0.05, 0) is 18.9 Å². The molecule has 0 saturated carbocycles. The fourth-order valence-corrected chi connectivity index (χ4v) is 3.00. The van der Waals surface area contributed by atoms with Crippen LogP contribution in [0.15, 0.2) is 11.4 Å². The van der Waals surface area contributed by atoms with E-state index in [2.05, 4.69) is 0 Å². The zero-order valence-corrected chi connectivity index (χ0v) is 11.1. The summed E-state index contributed by atoms with van der Waals surface area (Å²) >= 11 is 1.60. The number of carbonyl (C=O) groups excluding carboxylic acids is 1. The van der Waals surface area contributed by atoms with Crippen molar-refractivity contribution in [3.05, 3.63) is 21.9 Å². The van der Waals surface area contributed by atoms with E-state index < -0.39 is 0 Å². The van der Waals surface area contributed by atoms with Crippen molar-refractivity contribution in [2.24, 2.45) is 0 Å². The molecule has 3 nitrogen and oxygen atoms in total. The standard InChI is InChI=1S/C13H19NO2S/c1-16-9-12-8-11(10-17-12)13(15)14-6-4-2-3-5-7-14/h8,10H,2-7,9H2,1H3. The monoisotopic (exact) mass is 253 g/mol. The number of ether oxygens (including phenoxy) is 1. The number of nitrogens with zero attached hydrogens (tertiary/aromatic N) is 1. The Kier molecular flexibility index (Phi) is 4.57. The average Bonchev–Trinajstić information content (AvgIpc) is 2.64. The number of hydrogen-bond acceptors (Lipinski definition) is 3. The molecule has 1 aliphatic heterocycles. The van der Waals surface area contributed by atoms with E-state index in [4.69, 9.17) is 4.74 Å². The Morgan fingerprint density at radius 2 is 2.06 bits per heavy atom. The summed E-state index contributed by atoms with van der Waals surface area (Å²) in [6, 6.07) is 1.96. The SMILES string of the molecule is COCc1cc(C(=O)N2CCCCCC2)cs1. The number of carbonyl (C=O) groups is 1. The first-order chi connectivity index (χ1) is 8.31. The van der Waals surface area contributed by atoms with Crippen LogP contribution >= 0.6 is 11.3 Å².